The molecule has 0 spiro atoms. The van der Waals surface area contributed by atoms with Crippen LogP contribution in [-0.4, -0.2) is 28.2 Å². The quantitative estimate of drug-likeness (QED) is 0.284. The van der Waals surface area contributed by atoms with Gasteiger partial charge in [-0.2, -0.15) is 0 Å². The van der Waals surface area contributed by atoms with Crippen molar-refractivity contribution in [3.05, 3.63) is 64.7 Å². The molecule has 10 heteroatoms. The van der Waals surface area contributed by atoms with Crippen LogP contribution in [0.1, 0.15) is 23.7 Å². The fourth-order valence-electron chi connectivity index (χ4n) is 3.14. The first kappa shape index (κ1) is 23.2. The van der Waals surface area contributed by atoms with Crippen molar-refractivity contribution in [1.82, 2.24) is 15.2 Å². The molecule has 0 unspecified atom stereocenters. The first-order valence-corrected chi connectivity index (χ1v) is 12.8. The highest BCUT2D eigenvalue weighted by Crippen LogP contribution is 2.37. The number of hydrogen-bond donors (Lipinski definition) is 1. The second-order valence-corrected chi connectivity index (χ2v) is 10.2. The molecule has 0 aliphatic rings. The number of thiazole rings is 1. The summed E-state index contributed by atoms with van der Waals surface area (Å²) in [5, 5.41) is 15.2. The van der Waals surface area contributed by atoms with Gasteiger partial charge in [-0.1, -0.05) is 47.4 Å². The largest absolute Gasteiger partial charge is 0.495 e. The summed E-state index contributed by atoms with van der Waals surface area (Å²) in [5.41, 5.74) is 5.01. The third-order valence-electron chi connectivity index (χ3n) is 4.97. The average Bonchev–Trinajstić information content (AvgIpc) is 3.45. The van der Waals surface area contributed by atoms with E-state index in [1.54, 1.807) is 23.8 Å². The number of amides is 1. The second kappa shape index (κ2) is 10.3. The minimum Gasteiger partial charge on any atom is -0.495 e. The highest BCUT2D eigenvalue weighted by atomic mass is 32.2. The number of aryl methyl sites for hydroxylation is 1. The standard InChI is InChI=1S/C23H23N5O2S3/c1-14-8-7-9-18(15(14)2)25-21-26-27-23(33-21)32-13-17-12-31-22(24-17)28(16(3)29)19-10-5-6-11-20(19)30-4/h5-12H,13H2,1-4H3,(H,25,26). The Hall–Kier alpha value is -2.95. The number of nitrogens with zero attached hydrogens (tertiary/aromatic N) is 4. The van der Waals surface area contributed by atoms with Crippen LogP contribution in [-0.2, 0) is 10.5 Å². The minimum absolute atomic E-state index is 0.126. The van der Waals surface area contributed by atoms with Gasteiger partial charge in [0.1, 0.15) is 5.75 Å². The van der Waals surface area contributed by atoms with Crippen molar-refractivity contribution in [1.29, 1.82) is 0 Å². The third kappa shape index (κ3) is 5.35. The molecule has 2 heterocycles. The maximum atomic E-state index is 12.4. The topological polar surface area (TPSA) is 80.2 Å². The first-order valence-electron chi connectivity index (χ1n) is 10.1. The molecule has 0 atom stereocenters. The van der Waals surface area contributed by atoms with E-state index in [0.29, 0.717) is 22.3 Å². The van der Waals surface area contributed by atoms with Crippen LogP contribution in [0.15, 0.2) is 52.2 Å². The first-order chi connectivity index (χ1) is 16.0. The third-order valence-corrected chi connectivity index (χ3v) is 7.85. The maximum absolute atomic E-state index is 12.4. The second-order valence-electron chi connectivity index (χ2n) is 7.18. The number of methoxy groups -OCH3 is 1. The van der Waals surface area contributed by atoms with Gasteiger partial charge in [0.05, 0.1) is 18.5 Å². The van der Waals surface area contributed by atoms with Crippen molar-refractivity contribution in [2.24, 2.45) is 0 Å². The number of hydrogen-bond acceptors (Lipinski definition) is 9. The zero-order valence-corrected chi connectivity index (χ0v) is 21.1. The summed E-state index contributed by atoms with van der Waals surface area (Å²) < 4.78 is 6.28. The molecule has 0 aliphatic heterocycles. The van der Waals surface area contributed by atoms with Crippen LogP contribution < -0.4 is 15.0 Å². The number of rotatable bonds is 8. The number of carbonyl (C=O) groups is 1. The fourth-order valence-corrected chi connectivity index (χ4v) is 5.79. The minimum atomic E-state index is -0.126. The van der Waals surface area contributed by atoms with Gasteiger partial charge in [0.25, 0.3) is 0 Å². The van der Waals surface area contributed by atoms with Crippen LogP contribution in [0.25, 0.3) is 0 Å². The number of benzene rings is 2. The number of anilines is 4. The van der Waals surface area contributed by atoms with Gasteiger partial charge in [0, 0.05) is 23.7 Å². The molecule has 33 heavy (non-hydrogen) atoms. The molecule has 4 rings (SSSR count). The molecule has 170 valence electrons. The lowest BCUT2D eigenvalue weighted by atomic mass is 10.1. The molecule has 1 amide bonds. The Balaban J connectivity index is 1.44. The van der Waals surface area contributed by atoms with E-state index in [4.69, 9.17) is 4.74 Å². The molecule has 0 saturated heterocycles. The van der Waals surface area contributed by atoms with E-state index < -0.39 is 0 Å². The lowest BCUT2D eigenvalue weighted by Crippen LogP contribution is -2.23. The lowest BCUT2D eigenvalue weighted by molar-refractivity contribution is -0.115. The number of aromatic nitrogens is 3. The van der Waals surface area contributed by atoms with E-state index in [-0.39, 0.29) is 5.91 Å². The number of nitrogens with one attached hydrogen (secondary N) is 1. The van der Waals surface area contributed by atoms with Gasteiger partial charge in [0.2, 0.25) is 11.0 Å². The van der Waals surface area contributed by atoms with Crippen LogP contribution in [0.4, 0.5) is 21.6 Å². The van der Waals surface area contributed by atoms with Crippen LogP contribution in [0.3, 0.4) is 0 Å². The van der Waals surface area contributed by atoms with Crippen LogP contribution in [0.5, 0.6) is 5.75 Å². The van der Waals surface area contributed by atoms with Gasteiger partial charge in [-0.15, -0.1) is 21.5 Å². The van der Waals surface area contributed by atoms with E-state index in [9.17, 15) is 4.79 Å². The van der Waals surface area contributed by atoms with E-state index in [0.717, 1.165) is 20.9 Å². The SMILES string of the molecule is COc1ccccc1N(C(C)=O)c1nc(CSc2nnc(Nc3cccc(C)c3C)s2)cs1. The molecular formula is C23H23N5O2S3. The molecule has 2 aromatic carbocycles. The van der Waals surface area contributed by atoms with Gasteiger partial charge >= 0.3 is 0 Å². The summed E-state index contributed by atoms with van der Waals surface area (Å²) >= 11 is 4.50. The molecule has 4 aromatic rings. The van der Waals surface area contributed by atoms with Crippen molar-refractivity contribution in [3.8, 4) is 5.75 Å². The fraction of sp³-hybridized carbons (Fsp3) is 0.217. The average molecular weight is 498 g/mol. The highest BCUT2D eigenvalue weighted by Gasteiger charge is 2.21. The Morgan fingerprint density at radius 2 is 1.97 bits per heavy atom. The smallest absolute Gasteiger partial charge is 0.230 e. The van der Waals surface area contributed by atoms with Crippen molar-refractivity contribution >= 4 is 62.0 Å². The van der Waals surface area contributed by atoms with E-state index in [1.165, 1.54) is 40.7 Å². The maximum Gasteiger partial charge on any atom is 0.230 e. The molecule has 0 radical (unpaired) electrons. The summed E-state index contributed by atoms with van der Waals surface area (Å²) in [6.45, 7) is 5.70. The van der Waals surface area contributed by atoms with Crippen molar-refractivity contribution in [2.45, 2.75) is 30.9 Å². The van der Waals surface area contributed by atoms with E-state index >= 15 is 0 Å². The van der Waals surface area contributed by atoms with Crippen molar-refractivity contribution in [2.75, 3.05) is 17.3 Å². The lowest BCUT2D eigenvalue weighted by Gasteiger charge is -2.20. The van der Waals surface area contributed by atoms with Crippen molar-refractivity contribution in [3.63, 3.8) is 0 Å². The number of para-hydroxylation sites is 2. The summed E-state index contributed by atoms with van der Waals surface area (Å²) in [6, 6.07) is 13.6. The Kier molecular flexibility index (Phi) is 7.26. The summed E-state index contributed by atoms with van der Waals surface area (Å²) in [4.78, 5) is 18.7. The number of ether oxygens (including phenoxy) is 1. The van der Waals surface area contributed by atoms with Gasteiger partial charge in [0.15, 0.2) is 9.47 Å². The number of carbonyl (C=O) groups excluding carboxylic acids is 1. The van der Waals surface area contributed by atoms with Crippen LogP contribution in [0.2, 0.25) is 0 Å². The molecule has 0 fully saturated rings. The van der Waals surface area contributed by atoms with Crippen molar-refractivity contribution < 1.29 is 9.53 Å². The molecule has 1 N–H and O–H groups in total. The summed E-state index contributed by atoms with van der Waals surface area (Å²) in [5.74, 6) is 1.13. The van der Waals surface area contributed by atoms with E-state index in [1.807, 2.05) is 41.8 Å². The predicted molar refractivity (Wildman–Crippen MR) is 137 cm³/mol. The molecule has 0 bridgehead atoms. The van der Waals surface area contributed by atoms with Crippen LogP contribution in [0, 0.1) is 13.8 Å². The number of thioether (sulfide) groups is 1. The monoisotopic (exact) mass is 497 g/mol. The van der Waals surface area contributed by atoms with Gasteiger partial charge in [-0.3, -0.25) is 9.69 Å². The molecule has 0 aliphatic carbocycles. The molecule has 7 nitrogen and oxygen atoms in total. The predicted octanol–water partition coefficient (Wildman–Crippen LogP) is 6.34. The Labute approximate surface area is 204 Å². The summed E-state index contributed by atoms with van der Waals surface area (Å²) in [6.07, 6.45) is 0. The van der Waals surface area contributed by atoms with Crippen LogP contribution >= 0.6 is 34.4 Å². The molecule has 0 saturated carbocycles. The Morgan fingerprint density at radius 1 is 1.15 bits per heavy atom. The van der Waals surface area contributed by atoms with Gasteiger partial charge < -0.3 is 10.1 Å². The summed E-state index contributed by atoms with van der Waals surface area (Å²) in [7, 11) is 1.59. The Morgan fingerprint density at radius 3 is 2.76 bits per heavy atom. The zero-order valence-electron chi connectivity index (χ0n) is 18.7. The van der Waals surface area contributed by atoms with Gasteiger partial charge in [-0.25, -0.2) is 4.98 Å². The van der Waals surface area contributed by atoms with Gasteiger partial charge in [-0.05, 0) is 43.2 Å². The Bertz CT molecular complexity index is 1270. The molecular weight excluding hydrogens is 474 g/mol. The zero-order chi connectivity index (χ0) is 23.4. The normalized spacial score (nSPS) is 10.8. The van der Waals surface area contributed by atoms with E-state index in [2.05, 4.69) is 40.4 Å². The molecule has 2 aromatic heterocycles. The highest BCUT2D eigenvalue weighted by molar-refractivity contribution is 8.00.